The van der Waals surface area contributed by atoms with Crippen molar-refractivity contribution in [2.75, 3.05) is 25.0 Å². The Morgan fingerprint density at radius 2 is 2.03 bits per heavy atom. The summed E-state index contributed by atoms with van der Waals surface area (Å²) in [4.78, 5) is 44.6. The second-order valence-corrected chi connectivity index (χ2v) is 9.58. The maximum atomic E-state index is 13.0. The van der Waals surface area contributed by atoms with Gasteiger partial charge < -0.3 is 35.8 Å². The number of hydrogen-bond acceptors (Lipinski definition) is 10. The van der Waals surface area contributed by atoms with Crippen LogP contribution in [0.4, 0.5) is 5.69 Å². The number of thioether (sulfide) groups is 1. The topological polar surface area (TPSA) is 158 Å². The van der Waals surface area contributed by atoms with Gasteiger partial charge in [0.15, 0.2) is 0 Å². The molecule has 0 radical (unpaired) electrons. The molecule has 0 saturated heterocycles. The number of rotatable bonds is 7. The third kappa shape index (κ3) is 6.24. The van der Waals surface area contributed by atoms with Gasteiger partial charge in [-0.1, -0.05) is 23.9 Å². The molecule has 2 heterocycles. The van der Waals surface area contributed by atoms with Gasteiger partial charge in [-0.05, 0) is 32.9 Å². The lowest BCUT2D eigenvalue weighted by atomic mass is 10.2. The van der Waals surface area contributed by atoms with Crippen LogP contribution in [0.2, 0.25) is 0 Å². The Kier molecular flexibility index (Phi) is 7.30. The largest absolute Gasteiger partial charge is 0.480 e. The highest BCUT2D eigenvalue weighted by molar-refractivity contribution is 8.04. The van der Waals surface area contributed by atoms with Crippen LogP contribution in [-0.4, -0.2) is 81.7 Å². The Bertz CT molecular complexity index is 1010. The zero-order chi connectivity index (χ0) is 24.3. The normalized spacial score (nSPS) is 18.1. The van der Waals surface area contributed by atoms with E-state index in [0.717, 1.165) is 15.5 Å². The third-order valence-electron chi connectivity index (χ3n) is 4.60. The molecule has 0 spiro atoms. The van der Waals surface area contributed by atoms with Crippen molar-refractivity contribution in [3.63, 3.8) is 0 Å². The third-order valence-corrected chi connectivity index (χ3v) is 5.69. The van der Waals surface area contributed by atoms with Crippen molar-refractivity contribution in [2.45, 2.75) is 43.7 Å². The number of aliphatic carboxylic acids is 1. The lowest BCUT2D eigenvalue weighted by molar-refractivity contribution is -0.158. The van der Waals surface area contributed by atoms with Gasteiger partial charge in [-0.25, -0.2) is 4.99 Å². The molecule has 0 aromatic heterocycles. The minimum atomic E-state index is -1.35. The number of nitrogens with one attached hydrogen (secondary N) is 1. The molecule has 2 unspecified atom stereocenters. The zero-order valence-electron chi connectivity index (χ0n) is 18.5. The number of anilines is 1. The number of esters is 1. The van der Waals surface area contributed by atoms with E-state index in [9.17, 15) is 24.6 Å². The van der Waals surface area contributed by atoms with Crippen LogP contribution in [0.5, 0.6) is 0 Å². The zero-order valence-corrected chi connectivity index (χ0v) is 19.3. The number of nitrogens with zero attached hydrogens (tertiary/aromatic N) is 3. The molecular weight excluding hydrogens is 450 g/mol. The van der Waals surface area contributed by atoms with Gasteiger partial charge in [0.05, 0.1) is 10.6 Å². The lowest BCUT2D eigenvalue weighted by Gasteiger charge is -2.37. The average molecular weight is 478 g/mol. The van der Waals surface area contributed by atoms with Gasteiger partial charge >= 0.3 is 11.9 Å². The van der Waals surface area contributed by atoms with Crippen molar-refractivity contribution in [3.05, 3.63) is 35.0 Å². The molecular formula is C21H27N5O6S. The number of carbonyl (C=O) groups is 3. The highest BCUT2D eigenvalue weighted by atomic mass is 32.2. The number of carboxylic acids is 1. The summed E-state index contributed by atoms with van der Waals surface area (Å²) in [7, 11) is 0. The lowest BCUT2D eigenvalue weighted by Crippen LogP contribution is -2.52. The van der Waals surface area contributed by atoms with Crippen molar-refractivity contribution in [3.8, 4) is 0 Å². The van der Waals surface area contributed by atoms with Crippen LogP contribution < -0.4 is 11.1 Å². The second kappa shape index (κ2) is 9.81. The Balaban J connectivity index is 1.75. The van der Waals surface area contributed by atoms with E-state index in [1.165, 1.54) is 22.9 Å². The number of benzene rings is 1. The molecule has 0 aliphatic carbocycles. The van der Waals surface area contributed by atoms with Crippen LogP contribution in [0, 0.1) is 0 Å². The predicted octanol–water partition coefficient (Wildman–Crippen LogP) is 0.618. The number of fused-ring (bicyclic) bond motifs is 1. The van der Waals surface area contributed by atoms with Crippen molar-refractivity contribution in [2.24, 2.45) is 10.7 Å². The summed E-state index contributed by atoms with van der Waals surface area (Å²) >= 11 is 1.43. The monoisotopic (exact) mass is 477 g/mol. The van der Waals surface area contributed by atoms with Crippen LogP contribution in [-0.2, 0) is 19.1 Å². The summed E-state index contributed by atoms with van der Waals surface area (Å²) in [6.07, 6.45) is 0.166. The number of para-hydroxylation sites is 1. The smallest absolute Gasteiger partial charge is 0.325 e. The van der Waals surface area contributed by atoms with Crippen LogP contribution in [0.3, 0.4) is 0 Å². The molecule has 178 valence electrons. The van der Waals surface area contributed by atoms with Crippen molar-refractivity contribution >= 4 is 41.5 Å². The van der Waals surface area contributed by atoms with Crippen molar-refractivity contribution in [1.82, 2.24) is 9.80 Å². The second-order valence-electron chi connectivity index (χ2n) is 8.50. The van der Waals surface area contributed by atoms with Crippen LogP contribution in [0.15, 0.2) is 44.9 Å². The van der Waals surface area contributed by atoms with E-state index >= 15 is 0 Å². The van der Waals surface area contributed by atoms with E-state index in [-0.39, 0.29) is 13.1 Å². The molecule has 33 heavy (non-hydrogen) atoms. The van der Waals surface area contributed by atoms with E-state index in [4.69, 9.17) is 10.5 Å². The predicted molar refractivity (Wildman–Crippen MR) is 122 cm³/mol. The summed E-state index contributed by atoms with van der Waals surface area (Å²) in [5, 5.41) is 22.9. The van der Waals surface area contributed by atoms with Crippen LogP contribution in [0.25, 0.3) is 0 Å². The Labute approximate surface area is 195 Å². The first kappa shape index (κ1) is 24.6. The van der Waals surface area contributed by atoms with E-state index in [0.29, 0.717) is 10.7 Å². The fraction of sp³-hybridized carbons (Fsp3) is 0.429. The molecule has 1 amide bonds. The van der Waals surface area contributed by atoms with Gasteiger partial charge in [0.1, 0.15) is 30.6 Å². The van der Waals surface area contributed by atoms with Gasteiger partial charge in [-0.2, -0.15) is 0 Å². The van der Waals surface area contributed by atoms with Gasteiger partial charge in [0.2, 0.25) is 12.3 Å². The van der Waals surface area contributed by atoms with Gasteiger partial charge in [-0.15, -0.1) is 0 Å². The fourth-order valence-electron chi connectivity index (χ4n) is 3.16. The maximum Gasteiger partial charge on any atom is 0.325 e. The summed E-state index contributed by atoms with van der Waals surface area (Å²) in [5.41, 5.74) is 5.91. The van der Waals surface area contributed by atoms with Crippen LogP contribution >= 0.6 is 11.8 Å². The van der Waals surface area contributed by atoms with Gasteiger partial charge in [0.25, 0.3) is 0 Å². The van der Waals surface area contributed by atoms with E-state index in [2.05, 4.69) is 10.3 Å². The molecule has 11 nitrogen and oxygen atoms in total. The first-order chi connectivity index (χ1) is 15.4. The molecule has 5 N–H and O–H groups in total. The Morgan fingerprint density at radius 3 is 2.70 bits per heavy atom. The molecule has 2 aliphatic rings. The van der Waals surface area contributed by atoms with Gasteiger partial charge in [-0.3, -0.25) is 14.4 Å². The standard InChI is InChI=1S/C21H27N5O6S/c1-21(2,3)32-19(30)12(22)9-25(11-17(28)29)16(27)10-26-18-15(8-23-20(26)31)33-14-7-5-4-6-13(14)24-18/h4-8,12,20,24,31H,9-11,22H2,1-3H3,(H,28,29). The quantitative estimate of drug-likeness (QED) is 0.410. The van der Waals surface area contributed by atoms with Gasteiger partial charge in [0, 0.05) is 17.7 Å². The number of aliphatic imine (C=N–C) groups is 1. The number of ether oxygens (including phenoxy) is 1. The van der Waals surface area contributed by atoms with E-state index in [1.807, 2.05) is 24.3 Å². The summed E-state index contributed by atoms with van der Waals surface area (Å²) in [6.45, 7) is 3.61. The Hall–Kier alpha value is -3.09. The number of allylic oxidation sites excluding steroid dienone is 1. The number of aliphatic hydroxyl groups is 1. The maximum absolute atomic E-state index is 13.0. The highest BCUT2D eigenvalue weighted by Gasteiger charge is 2.33. The van der Waals surface area contributed by atoms with E-state index < -0.39 is 42.4 Å². The molecule has 12 heteroatoms. The molecule has 3 rings (SSSR count). The van der Waals surface area contributed by atoms with Crippen LogP contribution in [0.1, 0.15) is 20.8 Å². The van der Waals surface area contributed by atoms with E-state index in [1.54, 1.807) is 20.8 Å². The highest BCUT2D eigenvalue weighted by Crippen LogP contribution is 2.41. The van der Waals surface area contributed by atoms with Crippen molar-refractivity contribution < 1.29 is 29.3 Å². The molecule has 2 atom stereocenters. The summed E-state index contributed by atoms with van der Waals surface area (Å²) < 4.78 is 5.22. The average Bonchev–Trinajstić information content (AvgIpc) is 2.72. The first-order valence-corrected chi connectivity index (χ1v) is 11.0. The molecule has 1 aromatic carbocycles. The molecule has 0 saturated carbocycles. The number of nitrogens with two attached hydrogens (primary N) is 1. The number of hydrogen-bond donors (Lipinski definition) is 4. The van der Waals surface area contributed by atoms with Crippen molar-refractivity contribution in [1.29, 1.82) is 0 Å². The molecule has 0 fully saturated rings. The minimum absolute atomic E-state index is 0.357. The number of carbonyl (C=O) groups excluding carboxylic acids is 2. The Morgan fingerprint density at radius 1 is 1.33 bits per heavy atom. The number of aliphatic hydroxyl groups excluding tert-OH is 1. The number of carboxylic acid groups (broad SMARTS) is 1. The summed E-state index contributed by atoms with van der Waals surface area (Å²) in [6, 6.07) is 6.31. The SMILES string of the molecule is CC(C)(C)OC(=O)C(N)CN(CC(=O)O)C(=O)CN1C2=C(C=NC1O)Sc1ccccc1N2. The minimum Gasteiger partial charge on any atom is -0.480 e. The fourth-order valence-corrected chi connectivity index (χ4v) is 4.15. The summed E-state index contributed by atoms with van der Waals surface area (Å²) in [5.74, 6) is -2.19. The molecule has 1 aromatic rings. The first-order valence-electron chi connectivity index (χ1n) is 10.2. The molecule has 0 bridgehead atoms. The number of amides is 1. The molecule has 2 aliphatic heterocycles.